The van der Waals surface area contributed by atoms with Gasteiger partial charge in [0.25, 0.3) is 0 Å². The number of nitrogens with zero attached hydrogens (tertiary/aromatic N) is 1. The minimum absolute atomic E-state index is 0.0524. The van der Waals surface area contributed by atoms with Crippen LogP contribution < -0.4 is 16.4 Å². The molecule has 1 fully saturated rings. The van der Waals surface area contributed by atoms with Crippen LogP contribution in [0, 0.1) is 5.92 Å². The predicted molar refractivity (Wildman–Crippen MR) is 108 cm³/mol. The third kappa shape index (κ3) is 4.75. The highest BCUT2D eigenvalue weighted by Gasteiger charge is 2.36. The number of carbonyl (C=O) groups excluding carboxylic acids is 3. The maximum absolute atomic E-state index is 13.0. The van der Waals surface area contributed by atoms with Gasteiger partial charge >= 0.3 is 12.0 Å². The first-order chi connectivity index (χ1) is 14.4. The zero-order valence-corrected chi connectivity index (χ0v) is 16.1. The lowest BCUT2D eigenvalue weighted by Gasteiger charge is -2.24. The van der Waals surface area contributed by atoms with Crippen LogP contribution in [0.25, 0.3) is 0 Å². The smallest absolute Gasteiger partial charge is 0.330 e. The number of hydrogen-bond acceptors (Lipinski definition) is 5. The summed E-state index contributed by atoms with van der Waals surface area (Å²) in [7, 11) is 0. The quantitative estimate of drug-likeness (QED) is 0.540. The van der Waals surface area contributed by atoms with Gasteiger partial charge in [0.2, 0.25) is 11.8 Å². The Hall–Kier alpha value is -3.88. The number of amides is 4. The number of imide groups is 1. The molecule has 2 aromatic carbocycles. The first-order valence-electron chi connectivity index (χ1n) is 9.36. The van der Waals surface area contributed by atoms with Crippen molar-refractivity contribution < 1.29 is 24.3 Å². The Labute approximate surface area is 172 Å². The minimum Gasteiger partial charge on any atom is -0.479 e. The fourth-order valence-corrected chi connectivity index (χ4v) is 3.27. The number of carboxylic acids is 1. The van der Waals surface area contributed by atoms with Gasteiger partial charge in [-0.25, -0.2) is 9.59 Å². The number of urea groups is 1. The van der Waals surface area contributed by atoms with E-state index in [2.05, 4.69) is 10.6 Å². The Morgan fingerprint density at radius 3 is 2.47 bits per heavy atom. The van der Waals surface area contributed by atoms with Gasteiger partial charge in [0, 0.05) is 12.2 Å². The molecule has 0 spiro atoms. The van der Waals surface area contributed by atoms with Crippen LogP contribution in [-0.4, -0.2) is 46.9 Å². The fraction of sp³-hybridized carbons (Fsp3) is 0.238. The van der Waals surface area contributed by atoms with Gasteiger partial charge in [-0.2, -0.15) is 0 Å². The van der Waals surface area contributed by atoms with Gasteiger partial charge in [0.15, 0.2) is 6.04 Å². The Morgan fingerprint density at radius 1 is 1.13 bits per heavy atom. The van der Waals surface area contributed by atoms with E-state index in [1.807, 2.05) is 0 Å². The molecule has 9 heteroatoms. The number of carbonyl (C=O) groups is 4. The molecule has 1 saturated heterocycles. The second-order valence-corrected chi connectivity index (χ2v) is 6.96. The molecule has 2 aromatic rings. The standard InChI is InChI=1S/C21H22N4O5/c22-16-9-5-4-8-14(16)10-15-11-23-17(26)12-25(19(15)27)21(30)24-18(20(28)29)13-6-2-1-3-7-13/h1-9,15,18H,10-12,22H2,(H,23,26)(H,24,30)(H,28,29). The molecule has 0 aromatic heterocycles. The van der Waals surface area contributed by atoms with Crippen LogP contribution in [0.2, 0.25) is 0 Å². The molecule has 0 saturated carbocycles. The van der Waals surface area contributed by atoms with Crippen LogP contribution in [0.15, 0.2) is 54.6 Å². The molecule has 156 valence electrons. The second kappa shape index (κ2) is 9.08. The molecular weight excluding hydrogens is 388 g/mol. The number of benzene rings is 2. The Kier molecular flexibility index (Phi) is 6.31. The molecule has 0 radical (unpaired) electrons. The largest absolute Gasteiger partial charge is 0.479 e. The van der Waals surface area contributed by atoms with Crippen molar-refractivity contribution in [2.45, 2.75) is 12.5 Å². The van der Waals surface area contributed by atoms with Crippen LogP contribution in [0.5, 0.6) is 0 Å². The Morgan fingerprint density at radius 2 is 1.80 bits per heavy atom. The summed E-state index contributed by atoms with van der Waals surface area (Å²) in [4.78, 5) is 50.3. The molecule has 2 unspecified atom stereocenters. The van der Waals surface area contributed by atoms with E-state index in [-0.39, 0.29) is 13.0 Å². The van der Waals surface area contributed by atoms with Gasteiger partial charge in [-0.05, 0) is 23.6 Å². The molecule has 0 bridgehead atoms. The summed E-state index contributed by atoms with van der Waals surface area (Å²) in [6.07, 6.45) is 0.233. The van der Waals surface area contributed by atoms with Gasteiger partial charge < -0.3 is 21.5 Å². The normalized spacial score (nSPS) is 17.6. The van der Waals surface area contributed by atoms with Crippen molar-refractivity contribution in [3.05, 3.63) is 65.7 Å². The highest BCUT2D eigenvalue weighted by Crippen LogP contribution is 2.20. The van der Waals surface area contributed by atoms with E-state index in [0.29, 0.717) is 11.3 Å². The molecule has 9 nitrogen and oxygen atoms in total. The average molecular weight is 410 g/mol. The van der Waals surface area contributed by atoms with Gasteiger partial charge in [0.1, 0.15) is 6.54 Å². The molecule has 4 amide bonds. The van der Waals surface area contributed by atoms with Crippen molar-refractivity contribution in [2.24, 2.45) is 5.92 Å². The number of anilines is 1. The molecule has 30 heavy (non-hydrogen) atoms. The maximum atomic E-state index is 13.0. The lowest BCUT2D eigenvalue weighted by molar-refractivity contribution is -0.140. The highest BCUT2D eigenvalue weighted by atomic mass is 16.4. The van der Waals surface area contributed by atoms with E-state index in [1.54, 1.807) is 54.6 Å². The zero-order chi connectivity index (χ0) is 21.7. The summed E-state index contributed by atoms with van der Waals surface area (Å²) >= 11 is 0. The zero-order valence-electron chi connectivity index (χ0n) is 16.1. The van der Waals surface area contributed by atoms with Crippen LogP contribution >= 0.6 is 0 Å². The third-order valence-corrected chi connectivity index (χ3v) is 4.88. The van der Waals surface area contributed by atoms with E-state index in [1.165, 1.54) is 0 Å². The monoisotopic (exact) mass is 410 g/mol. The Bertz CT molecular complexity index is 963. The molecule has 3 rings (SSSR count). The van der Waals surface area contributed by atoms with Crippen molar-refractivity contribution in [1.29, 1.82) is 0 Å². The number of aliphatic carboxylic acids is 1. The summed E-state index contributed by atoms with van der Waals surface area (Å²) < 4.78 is 0. The van der Waals surface area contributed by atoms with E-state index >= 15 is 0 Å². The summed E-state index contributed by atoms with van der Waals surface area (Å²) in [5.74, 6) is -3.08. The number of nitrogen functional groups attached to an aromatic ring is 1. The minimum atomic E-state index is -1.36. The molecule has 1 heterocycles. The predicted octanol–water partition coefficient (Wildman–Crippen LogP) is 0.921. The maximum Gasteiger partial charge on any atom is 0.330 e. The molecule has 1 aliphatic rings. The van der Waals surface area contributed by atoms with E-state index in [4.69, 9.17) is 5.73 Å². The SMILES string of the molecule is Nc1ccccc1CC1CNC(=O)CN(C(=O)NC(C(=O)O)c2ccccc2)C1=O. The van der Waals surface area contributed by atoms with E-state index in [9.17, 15) is 24.3 Å². The lowest BCUT2D eigenvalue weighted by atomic mass is 9.97. The van der Waals surface area contributed by atoms with Gasteiger partial charge in [-0.1, -0.05) is 48.5 Å². The molecule has 2 atom stereocenters. The summed E-state index contributed by atoms with van der Waals surface area (Å²) in [5, 5.41) is 14.5. The number of hydrogen-bond donors (Lipinski definition) is 4. The number of rotatable bonds is 5. The third-order valence-electron chi connectivity index (χ3n) is 4.88. The number of nitrogens with two attached hydrogens (primary N) is 1. The molecular formula is C21H22N4O5. The van der Waals surface area contributed by atoms with Crippen molar-refractivity contribution in [1.82, 2.24) is 15.5 Å². The Balaban J connectivity index is 1.80. The van der Waals surface area contributed by atoms with Gasteiger partial charge in [0.05, 0.1) is 5.92 Å². The summed E-state index contributed by atoms with van der Waals surface area (Å²) in [6.45, 7) is -0.441. The van der Waals surface area contributed by atoms with Crippen LogP contribution in [0.4, 0.5) is 10.5 Å². The number of nitrogens with one attached hydrogen (secondary N) is 2. The number of carboxylic acid groups (broad SMARTS) is 1. The molecule has 5 N–H and O–H groups in total. The van der Waals surface area contributed by atoms with E-state index < -0.39 is 42.3 Å². The summed E-state index contributed by atoms with van der Waals surface area (Å²) in [6, 6.07) is 12.8. The van der Waals surface area contributed by atoms with Crippen molar-refractivity contribution in [2.75, 3.05) is 18.8 Å². The highest BCUT2D eigenvalue weighted by molar-refractivity contribution is 6.01. The van der Waals surface area contributed by atoms with E-state index in [0.717, 1.165) is 10.5 Å². The summed E-state index contributed by atoms with van der Waals surface area (Å²) in [5.41, 5.74) is 7.53. The second-order valence-electron chi connectivity index (χ2n) is 6.96. The lowest BCUT2D eigenvalue weighted by Crippen LogP contribution is -2.49. The van der Waals surface area contributed by atoms with Gasteiger partial charge in [-0.15, -0.1) is 0 Å². The number of para-hydroxylation sites is 1. The molecule has 0 aliphatic carbocycles. The van der Waals surface area contributed by atoms with Crippen molar-refractivity contribution in [3.63, 3.8) is 0 Å². The first kappa shape index (κ1) is 20.8. The van der Waals surface area contributed by atoms with Gasteiger partial charge in [-0.3, -0.25) is 14.5 Å². The average Bonchev–Trinajstić information content (AvgIpc) is 2.87. The topological polar surface area (TPSA) is 142 Å². The first-order valence-corrected chi connectivity index (χ1v) is 9.36. The molecule has 1 aliphatic heterocycles. The van der Waals surface area contributed by atoms with Crippen LogP contribution in [0.1, 0.15) is 17.2 Å². The van der Waals surface area contributed by atoms with Crippen LogP contribution in [-0.2, 0) is 20.8 Å². The van der Waals surface area contributed by atoms with Crippen molar-refractivity contribution >= 4 is 29.5 Å². The fourth-order valence-electron chi connectivity index (χ4n) is 3.27. The van der Waals surface area contributed by atoms with Crippen LogP contribution in [0.3, 0.4) is 0 Å². The van der Waals surface area contributed by atoms with Crippen molar-refractivity contribution in [3.8, 4) is 0 Å².